The lowest BCUT2D eigenvalue weighted by atomic mass is 10.2. The van der Waals surface area contributed by atoms with Gasteiger partial charge in [0.1, 0.15) is 0 Å². The van der Waals surface area contributed by atoms with Crippen LogP contribution in [-0.4, -0.2) is 29.6 Å². The van der Waals surface area contributed by atoms with Crippen molar-refractivity contribution >= 4 is 16.5 Å². The van der Waals surface area contributed by atoms with Crippen LogP contribution in [0.1, 0.15) is 29.0 Å². The maximum atomic E-state index is 4.71. The molecule has 3 rings (SSSR count). The van der Waals surface area contributed by atoms with Crippen molar-refractivity contribution in [3.8, 4) is 0 Å². The van der Waals surface area contributed by atoms with Gasteiger partial charge in [0.05, 0.1) is 5.69 Å². The Kier molecular flexibility index (Phi) is 4.51. The van der Waals surface area contributed by atoms with Gasteiger partial charge in [-0.1, -0.05) is 0 Å². The third kappa shape index (κ3) is 4.02. The number of aryl methyl sites for hydroxylation is 1. The molecule has 0 unspecified atom stereocenters. The molecule has 21 heavy (non-hydrogen) atoms. The molecule has 1 fully saturated rings. The lowest BCUT2D eigenvalue weighted by Crippen LogP contribution is -2.20. The number of hydrogen-bond donors (Lipinski definition) is 1. The number of likely N-dealkylation sites (N-methyl/N-ethyl adjacent to an activating group) is 1. The average molecular weight is 302 g/mol. The summed E-state index contributed by atoms with van der Waals surface area (Å²) in [6.07, 6.45) is 7.38. The zero-order valence-electron chi connectivity index (χ0n) is 12.7. The number of anilines is 1. The van der Waals surface area contributed by atoms with Gasteiger partial charge in [-0.2, -0.15) is 0 Å². The van der Waals surface area contributed by atoms with E-state index >= 15 is 0 Å². The molecule has 1 aliphatic carbocycles. The number of hydrogen-bond acceptors (Lipinski definition) is 5. The van der Waals surface area contributed by atoms with Crippen molar-refractivity contribution in [3.63, 3.8) is 0 Å². The molecule has 0 atom stereocenters. The minimum absolute atomic E-state index is 0.749. The molecule has 2 aromatic heterocycles. The molecular weight excluding hydrogens is 280 g/mol. The maximum Gasteiger partial charge on any atom is 0.185 e. The molecule has 2 heterocycles. The number of thiazole rings is 1. The van der Waals surface area contributed by atoms with Crippen molar-refractivity contribution in [2.24, 2.45) is 0 Å². The van der Waals surface area contributed by atoms with Crippen LogP contribution in [0.5, 0.6) is 0 Å². The van der Waals surface area contributed by atoms with Crippen molar-refractivity contribution in [1.82, 2.24) is 15.3 Å². The van der Waals surface area contributed by atoms with E-state index in [1.807, 2.05) is 23.7 Å². The highest BCUT2D eigenvalue weighted by Gasteiger charge is 2.21. The summed E-state index contributed by atoms with van der Waals surface area (Å²) in [5.41, 5.74) is 2.49. The fraction of sp³-hybridized carbons (Fsp3) is 0.500. The van der Waals surface area contributed by atoms with Gasteiger partial charge in [-0.3, -0.25) is 4.98 Å². The van der Waals surface area contributed by atoms with E-state index in [1.165, 1.54) is 29.0 Å². The molecule has 0 saturated heterocycles. The Morgan fingerprint density at radius 1 is 1.33 bits per heavy atom. The van der Waals surface area contributed by atoms with E-state index in [0.29, 0.717) is 0 Å². The van der Waals surface area contributed by atoms with Gasteiger partial charge in [0.15, 0.2) is 5.13 Å². The van der Waals surface area contributed by atoms with Crippen LogP contribution < -0.4 is 10.2 Å². The Hall–Kier alpha value is -1.46. The number of nitrogens with one attached hydrogen (secondary N) is 1. The van der Waals surface area contributed by atoms with Crippen LogP contribution in [-0.2, 0) is 13.0 Å². The summed E-state index contributed by atoms with van der Waals surface area (Å²) in [6, 6.07) is 4.90. The molecule has 0 radical (unpaired) electrons. The number of pyridine rings is 1. The van der Waals surface area contributed by atoms with Crippen molar-refractivity contribution in [2.75, 3.05) is 18.5 Å². The standard InChI is InChI=1S/C16H22N4S/c1-12-15(11-18-14-3-4-14)21-16(19-12)20(2)10-7-13-5-8-17-9-6-13/h5-6,8-9,14,18H,3-4,7,10-11H2,1-2H3. The summed E-state index contributed by atoms with van der Waals surface area (Å²) in [5.74, 6) is 0. The van der Waals surface area contributed by atoms with Crippen LogP contribution in [0, 0.1) is 6.92 Å². The topological polar surface area (TPSA) is 41.1 Å². The van der Waals surface area contributed by atoms with Crippen LogP contribution in [0.15, 0.2) is 24.5 Å². The van der Waals surface area contributed by atoms with Gasteiger partial charge in [-0.25, -0.2) is 4.98 Å². The molecule has 1 aliphatic rings. The highest BCUT2D eigenvalue weighted by atomic mass is 32.1. The highest BCUT2D eigenvalue weighted by molar-refractivity contribution is 7.15. The molecular formula is C16H22N4S. The van der Waals surface area contributed by atoms with Crippen LogP contribution in [0.4, 0.5) is 5.13 Å². The Balaban J connectivity index is 1.56. The Bertz CT molecular complexity index is 577. The predicted octanol–water partition coefficient (Wildman–Crippen LogP) is 2.78. The zero-order chi connectivity index (χ0) is 14.7. The second-order valence-corrected chi connectivity index (χ2v) is 6.75. The van der Waals surface area contributed by atoms with Crippen molar-refractivity contribution in [2.45, 2.75) is 38.8 Å². The summed E-state index contributed by atoms with van der Waals surface area (Å²) in [4.78, 5) is 12.4. The summed E-state index contributed by atoms with van der Waals surface area (Å²) in [5, 5.41) is 4.69. The van der Waals surface area contributed by atoms with E-state index in [-0.39, 0.29) is 0 Å². The van der Waals surface area contributed by atoms with Crippen LogP contribution in [0.25, 0.3) is 0 Å². The van der Waals surface area contributed by atoms with Gasteiger partial charge in [0, 0.05) is 43.4 Å². The first-order valence-electron chi connectivity index (χ1n) is 7.52. The quantitative estimate of drug-likeness (QED) is 0.854. The van der Waals surface area contributed by atoms with Gasteiger partial charge in [-0.15, -0.1) is 11.3 Å². The van der Waals surface area contributed by atoms with Crippen molar-refractivity contribution in [3.05, 3.63) is 40.7 Å². The third-order valence-electron chi connectivity index (χ3n) is 3.82. The molecule has 2 aromatic rings. The molecule has 0 spiro atoms. The van der Waals surface area contributed by atoms with Gasteiger partial charge in [0.25, 0.3) is 0 Å². The Morgan fingerprint density at radius 2 is 2.10 bits per heavy atom. The normalized spacial score (nSPS) is 14.4. The molecule has 0 aromatic carbocycles. The average Bonchev–Trinajstić information content (AvgIpc) is 3.26. The minimum atomic E-state index is 0.749. The highest BCUT2D eigenvalue weighted by Crippen LogP contribution is 2.27. The fourth-order valence-corrected chi connectivity index (χ4v) is 3.21. The Labute approximate surface area is 130 Å². The SMILES string of the molecule is Cc1nc(N(C)CCc2ccncc2)sc1CNC1CC1. The Morgan fingerprint density at radius 3 is 2.81 bits per heavy atom. The van der Waals surface area contributed by atoms with Gasteiger partial charge in [-0.05, 0) is 43.9 Å². The number of nitrogens with zero attached hydrogens (tertiary/aromatic N) is 3. The van der Waals surface area contributed by atoms with E-state index in [9.17, 15) is 0 Å². The molecule has 112 valence electrons. The molecule has 5 heteroatoms. The van der Waals surface area contributed by atoms with E-state index in [4.69, 9.17) is 4.98 Å². The molecule has 0 aliphatic heterocycles. The lowest BCUT2D eigenvalue weighted by molar-refractivity contribution is 0.691. The summed E-state index contributed by atoms with van der Waals surface area (Å²) in [6.45, 7) is 4.05. The first kappa shape index (κ1) is 14.5. The third-order valence-corrected chi connectivity index (χ3v) is 5.09. The molecule has 1 saturated carbocycles. The smallest absolute Gasteiger partial charge is 0.185 e. The van der Waals surface area contributed by atoms with E-state index in [0.717, 1.165) is 30.7 Å². The number of aromatic nitrogens is 2. The van der Waals surface area contributed by atoms with Crippen LogP contribution in [0.2, 0.25) is 0 Å². The van der Waals surface area contributed by atoms with Gasteiger partial charge >= 0.3 is 0 Å². The van der Waals surface area contributed by atoms with Crippen LogP contribution >= 0.6 is 11.3 Å². The summed E-state index contributed by atoms with van der Waals surface area (Å²) < 4.78 is 0. The first-order chi connectivity index (χ1) is 10.2. The van der Waals surface area contributed by atoms with Crippen molar-refractivity contribution in [1.29, 1.82) is 0 Å². The van der Waals surface area contributed by atoms with Crippen LogP contribution in [0.3, 0.4) is 0 Å². The van der Waals surface area contributed by atoms with E-state index in [2.05, 4.69) is 41.3 Å². The van der Waals surface area contributed by atoms with E-state index < -0.39 is 0 Å². The second kappa shape index (κ2) is 6.54. The molecule has 4 nitrogen and oxygen atoms in total. The molecule has 0 amide bonds. The van der Waals surface area contributed by atoms with Gasteiger partial charge in [0.2, 0.25) is 0 Å². The fourth-order valence-electron chi connectivity index (χ4n) is 2.21. The molecule has 0 bridgehead atoms. The van der Waals surface area contributed by atoms with Crippen molar-refractivity contribution < 1.29 is 0 Å². The first-order valence-corrected chi connectivity index (χ1v) is 8.34. The largest absolute Gasteiger partial charge is 0.351 e. The summed E-state index contributed by atoms with van der Waals surface area (Å²) >= 11 is 1.81. The molecule has 1 N–H and O–H groups in total. The lowest BCUT2D eigenvalue weighted by Gasteiger charge is -2.15. The number of rotatable bonds is 7. The monoisotopic (exact) mass is 302 g/mol. The zero-order valence-corrected chi connectivity index (χ0v) is 13.5. The predicted molar refractivity (Wildman–Crippen MR) is 87.9 cm³/mol. The maximum absolute atomic E-state index is 4.71. The van der Waals surface area contributed by atoms with Gasteiger partial charge < -0.3 is 10.2 Å². The van der Waals surface area contributed by atoms with E-state index in [1.54, 1.807) is 0 Å². The summed E-state index contributed by atoms with van der Waals surface area (Å²) in [7, 11) is 2.12. The minimum Gasteiger partial charge on any atom is -0.351 e. The second-order valence-electron chi connectivity index (χ2n) is 5.69.